The molecule has 7 heteroatoms. The molecule has 1 heterocycles. The molecule has 0 radical (unpaired) electrons. The summed E-state index contributed by atoms with van der Waals surface area (Å²) in [6.07, 6.45) is 4.06. The van der Waals surface area contributed by atoms with Gasteiger partial charge in [-0.3, -0.25) is 4.79 Å². The van der Waals surface area contributed by atoms with Gasteiger partial charge in [-0.1, -0.05) is 6.92 Å². The molecule has 20 heavy (non-hydrogen) atoms. The molecule has 2 fully saturated rings. The van der Waals surface area contributed by atoms with Gasteiger partial charge in [0.15, 0.2) is 0 Å². The number of sulfonamides is 1. The third-order valence-electron chi connectivity index (χ3n) is 4.50. The van der Waals surface area contributed by atoms with E-state index in [4.69, 9.17) is 5.73 Å². The molecule has 1 amide bonds. The normalized spacial score (nSPS) is 33.1. The lowest BCUT2D eigenvalue weighted by Gasteiger charge is -2.38. The Balaban J connectivity index is 1.94. The van der Waals surface area contributed by atoms with Gasteiger partial charge in [0.1, 0.15) is 0 Å². The molecule has 2 N–H and O–H groups in total. The molecule has 1 aliphatic carbocycles. The summed E-state index contributed by atoms with van der Waals surface area (Å²) in [5, 5.41) is 0. The van der Waals surface area contributed by atoms with Crippen LogP contribution in [0.3, 0.4) is 0 Å². The van der Waals surface area contributed by atoms with Gasteiger partial charge in [-0.05, 0) is 25.2 Å². The average Bonchev–Trinajstić information content (AvgIpc) is 2.40. The second kappa shape index (κ2) is 5.99. The van der Waals surface area contributed by atoms with E-state index in [0.29, 0.717) is 32.1 Å². The molecular weight excluding hydrogens is 278 g/mol. The lowest BCUT2D eigenvalue weighted by atomic mass is 9.78. The van der Waals surface area contributed by atoms with Gasteiger partial charge in [0.2, 0.25) is 15.9 Å². The quantitative estimate of drug-likeness (QED) is 0.769. The highest BCUT2D eigenvalue weighted by Crippen LogP contribution is 2.29. The minimum absolute atomic E-state index is 0.0494. The Morgan fingerprint density at radius 1 is 1.15 bits per heavy atom. The highest BCUT2D eigenvalue weighted by Gasteiger charge is 2.36. The van der Waals surface area contributed by atoms with Crippen molar-refractivity contribution in [1.82, 2.24) is 9.21 Å². The van der Waals surface area contributed by atoms with Crippen LogP contribution in [-0.2, 0) is 14.8 Å². The lowest BCUT2D eigenvalue weighted by molar-refractivity contribution is -0.138. The fraction of sp³-hybridized carbons (Fsp3) is 0.923. The smallest absolute Gasteiger partial charge is 0.227 e. The molecule has 6 nitrogen and oxygen atoms in total. The highest BCUT2D eigenvalue weighted by atomic mass is 32.2. The van der Waals surface area contributed by atoms with Crippen LogP contribution in [0, 0.1) is 11.8 Å². The first-order chi connectivity index (χ1) is 9.29. The first-order valence-electron chi connectivity index (χ1n) is 7.28. The van der Waals surface area contributed by atoms with Crippen molar-refractivity contribution in [3.05, 3.63) is 0 Å². The van der Waals surface area contributed by atoms with E-state index in [2.05, 4.69) is 6.92 Å². The molecule has 1 saturated heterocycles. The summed E-state index contributed by atoms with van der Waals surface area (Å²) in [4.78, 5) is 14.3. The van der Waals surface area contributed by atoms with E-state index in [-0.39, 0.29) is 17.9 Å². The van der Waals surface area contributed by atoms with Crippen LogP contribution >= 0.6 is 0 Å². The van der Waals surface area contributed by atoms with Crippen LogP contribution in [0.25, 0.3) is 0 Å². The Labute approximate surface area is 121 Å². The second-order valence-electron chi connectivity index (χ2n) is 6.18. The molecule has 1 saturated carbocycles. The van der Waals surface area contributed by atoms with Gasteiger partial charge in [-0.15, -0.1) is 0 Å². The zero-order chi connectivity index (χ0) is 14.9. The number of hydrogen-bond acceptors (Lipinski definition) is 4. The topological polar surface area (TPSA) is 83.7 Å². The molecule has 0 bridgehead atoms. The molecule has 3 atom stereocenters. The van der Waals surface area contributed by atoms with Crippen molar-refractivity contribution in [2.24, 2.45) is 17.6 Å². The van der Waals surface area contributed by atoms with Crippen LogP contribution in [0.1, 0.15) is 26.2 Å². The third-order valence-corrected chi connectivity index (χ3v) is 5.81. The van der Waals surface area contributed by atoms with E-state index < -0.39 is 10.0 Å². The van der Waals surface area contributed by atoms with Crippen LogP contribution in [0.15, 0.2) is 0 Å². The van der Waals surface area contributed by atoms with Crippen molar-refractivity contribution < 1.29 is 13.2 Å². The number of piperazine rings is 1. The zero-order valence-electron chi connectivity index (χ0n) is 12.3. The minimum atomic E-state index is -3.15. The van der Waals surface area contributed by atoms with E-state index >= 15 is 0 Å². The van der Waals surface area contributed by atoms with Crippen LogP contribution in [0.2, 0.25) is 0 Å². The van der Waals surface area contributed by atoms with E-state index in [9.17, 15) is 13.2 Å². The van der Waals surface area contributed by atoms with Crippen molar-refractivity contribution in [2.75, 3.05) is 32.4 Å². The predicted octanol–water partition coefficient (Wildman–Crippen LogP) is -0.146. The van der Waals surface area contributed by atoms with E-state index in [1.165, 1.54) is 10.6 Å². The Bertz CT molecular complexity index is 457. The number of amides is 1. The Morgan fingerprint density at radius 3 is 2.30 bits per heavy atom. The molecule has 0 spiro atoms. The van der Waals surface area contributed by atoms with Crippen LogP contribution < -0.4 is 5.73 Å². The first kappa shape index (κ1) is 15.7. The maximum absolute atomic E-state index is 12.5. The van der Waals surface area contributed by atoms with Gasteiger partial charge in [0.05, 0.1) is 12.2 Å². The summed E-state index contributed by atoms with van der Waals surface area (Å²) in [5.41, 5.74) is 6.09. The molecule has 0 aromatic heterocycles. The fourth-order valence-corrected chi connectivity index (χ4v) is 3.99. The maximum atomic E-state index is 12.5. The Hall–Kier alpha value is -0.660. The van der Waals surface area contributed by atoms with Gasteiger partial charge in [0, 0.05) is 32.2 Å². The molecule has 2 aliphatic rings. The molecular formula is C13H25N3O3S. The number of carbonyl (C=O) groups excluding carboxylic acids is 1. The number of hydrogen-bond donors (Lipinski definition) is 1. The van der Waals surface area contributed by atoms with Crippen molar-refractivity contribution >= 4 is 15.9 Å². The largest absolute Gasteiger partial charge is 0.340 e. The molecule has 2 rings (SSSR count). The summed E-state index contributed by atoms with van der Waals surface area (Å²) >= 11 is 0. The van der Waals surface area contributed by atoms with Gasteiger partial charge < -0.3 is 10.6 Å². The highest BCUT2D eigenvalue weighted by molar-refractivity contribution is 7.88. The molecule has 0 aromatic rings. The Morgan fingerprint density at radius 2 is 1.75 bits per heavy atom. The lowest BCUT2D eigenvalue weighted by Crippen LogP contribution is -2.54. The summed E-state index contributed by atoms with van der Waals surface area (Å²) < 4.78 is 24.4. The van der Waals surface area contributed by atoms with Gasteiger partial charge >= 0.3 is 0 Å². The summed E-state index contributed by atoms with van der Waals surface area (Å²) in [5.74, 6) is 0.557. The fourth-order valence-electron chi connectivity index (χ4n) is 3.16. The third kappa shape index (κ3) is 3.51. The van der Waals surface area contributed by atoms with Crippen molar-refractivity contribution in [3.63, 3.8) is 0 Å². The zero-order valence-corrected chi connectivity index (χ0v) is 13.1. The predicted molar refractivity (Wildman–Crippen MR) is 77.5 cm³/mol. The molecule has 0 aromatic carbocycles. The number of carbonyl (C=O) groups is 1. The average molecular weight is 303 g/mol. The van der Waals surface area contributed by atoms with Crippen LogP contribution in [0.5, 0.6) is 0 Å². The van der Waals surface area contributed by atoms with E-state index in [1.54, 1.807) is 4.90 Å². The van der Waals surface area contributed by atoms with Crippen molar-refractivity contribution in [1.29, 1.82) is 0 Å². The SMILES string of the molecule is CC1CCC(N)C(C(=O)N2CCN(S(C)(=O)=O)CC2)C1. The van der Waals surface area contributed by atoms with Crippen LogP contribution in [0.4, 0.5) is 0 Å². The summed E-state index contributed by atoms with van der Waals surface area (Å²) in [6, 6.07) is -0.0494. The minimum Gasteiger partial charge on any atom is -0.340 e. The molecule has 116 valence electrons. The second-order valence-corrected chi connectivity index (χ2v) is 8.16. The summed E-state index contributed by atoms with van der Waals surface area (Å²) in [7, 11) is -3.15. The van der Waals surface area contributed by atoms with E-state index in [1.807, 2.05) is 0 Å². The van der Waals surface area contributed by atoms with Gasteiger partial charge in [0.25, 0.3) is 0 Å². The number of rotatable bonds is 2. The molecule has 1 aliphatic heterocycles. The van der Waals surface area contributed by atoms with Crippen molar-refractivity contribution in [2.45, 2.75) is 32.2 Å². The summed E-state index contributed by atoms with van der Waals surface area (Å²) in [6.45, 7) is 3.89. The molecule has 3 unspecified atom stereocenters. The monoisotopic (exact) mass is 303 g/mol. The van der Waals surface area contributed by atoms with Gasteiger partial charge in [-0.2, -0.15) is 4.31 Å². The number of nitrogens with two attached hydrogens (primary N) is 1. The standard InChI is InChI=1S/C13H25N3O3S/c1-10-3-4-12(14)11(9-10)13(17)15-5-7-16(8-6-15)20(2,18)19/h10-12H,3-9,14H2,1-2H3. The van der Waals surface area contributed by atoms with Crippen LogP contribution in [-0.4, -0.2) is 62.0 Å². The van der Waals surface area contributed by atoms with Crippen molar-refractivity contribution in [3.8, 4) is 0 Å². The number of nitrogens with zero attached hydrogens (tertiary/aromatic N) is 2. The van der Waals surface area contributed by atoms with E-state index in [0.717, 1.165) is 19.3 Å². The maximum Gasteiger partial charge on any atom is 0.227 e. The Kier molecular flexibility index (Phi) is 4.71. The van der Waals surface area contributed by atoms with Gasteiger partial charge in [-0.25, -0.2) is 8.42 Å². The first-order valence-corrected chi connectivity index (χ1v) is 9.13.